The maximum absolute atomic E-state index is 12.3. The van der Waals surface area contributed by atoms with Crippen molar-refractivity contribution in [1.82, 2.24) is 4.90 Å². The molecule has 3 aliphatic heterocycles. The van der Waals surface area contributed by atoms with Gasteiger partial charge in [0.1, 0.15) is 12.7 Å². The summed E-state index contributed by atoms with van der Waals surface area (Å²) in [6.07, 6.45) is 3.68. The van der Waals surface area contributed by atoms with Crippen LogP contribution in [0.1, 0.15) is 16.7 Å². The van der Waals surface area contributed by atoms with Crippen LogP contribution in [0.4, 0.5) is 0 Å². The van der Waals surface area contributed by atoms with Crippen LogP contribution < -0.4 is 0 Å². The summed E-state index contributed by atoms with van der Waals surface area (Å²) in [5.41, 5.74) is 4.60. The Morgan fingerprint density at radius 3 is 2.12 bits per heavy atom. The first-order valence-corrected chi connectivity index (χ1v) is 11.6. The predicted molar refractivity (Wildman–Crippen MR) is 127 cm³/mol. The number of ether oxygens (including phenoxy) is 3. The molecule has 1 saturated heterocycles. The first kappa shape index (κ1) is 20.9. The number of carbonyl (C=O) groups is 1. The van der Waals surface area contributed by atoms with Gasteiger partial charge in [-0.2, -0.15) is 0 Å². The van der Waals surface area contributed by atoms with E-state index in [4.69, 9.17) is 14.2 Å². The van der Waals surface area contributed by atoms with Crippen LogP contribution in [-0.4, -0.2) is 36.2 Å². The van der Waals surface area contributed by atoms with Gasteiger partial charge in [-0.05, 0) is 11.6 Å². The number of carbonyl (C=O) groups excluding carboxylic acids is 1. The van der Waals surface area contributed by atoms with Crippen molar-refractivity contribution in [2.45, 2.75) is 24.5 Å². The molecule has 170 valence electrons. The van der Waals surface area contributed by atoms with Gasteiger partial charge in [-0.3, -0.25) is 0 Å². The van der Waals surface area contributed by atoms with Gasteiger partial charge in [-0.25, -0.2) is 4.79 Å². The molecular weight excluding hydrogens is 426 g/mol. The lowest BCUT2D eigenvalue weighted by Crippen LogP contribution is -2.45. The highest BCUT2D eigenvalue weighted by Crippen LogP contribution is 2.43. The number of hydrogen-bond acceptors (Lipinski definition) is 5. The van der Waals surface area contributed by atoms with E-state index in [1.807, 2.05) is 84.9 Å². The summed E-state index contributed by atoms with van der Waals surface area (Å²) in [4.78, 5) is 14.5. The van der Waals surface area contributed by atoms with E-state index in [9.17, 15) is 4.79 Å². The van der Waals surface area contributed by atoms with E-state index in [1.165, 1.54) is 0 Å². The van der Waals surface area contributed by atoms with Gasteiger partial charge in [0.05, 0.1) is 23.9 Å². The summed E-state index contributed by atoms with van der Waals surface area (Å²) < 4.78 is 18.7. The molecule has 0 unspecified atom stereocenters. The molecule has 0 aliphatic carbocycles. The van der Waals surface area contributed by atoms with Gasteiger partial charge in [-0.15, -0.1) is 0 Å². The molecule has 0 bridgehead atoms. The number of benzene rings is 3. The van der Waals surface area contributed by atoms with Gasteiger partial charge in [0.2, 0.25) is 5.79 Å². The second-order valence-corrected chi connectivity index (χ2v) is 8.72. The number of esters is 1. The third-order valence-corrected chi connectivity index (χ3v) is 6.69. The van der Waals surface area contributed by atoms with Gasteiger partial charge in [0.15, 0.2) is 0 Å². The average molecular weight is 452 g/mol. The van der Waals surface area contributed by atoms with Crippen molar-refractivity contribution < 1.29 is 19.0 Å². The van der Waals surface area contributed by atoms with E-state index in [-0.39, 0.29) is 24.7 Å². The zero-order valence-electron chi connectivity index (χ0n) is 18.7. The molecule has 3 aromatic rings. The van der Waals surface area contributed by atoms with Crippen molar-refractivity contribution >= 4 is 5.97 Å². The van der Waals surface area contributed by atoms with Crippen molar-refractivity contribution in [2.24, 2.45) is 0 Å². The number of cyclic esters (lactones) is 1. The Morgan fingerprint density at radius 2 is 1.47 bits per heavy atom. The Kier molecular flexibility index (Phi) is 5.28. The molecule has 34 heavy (non-hydrogen) atoms. The van der Waals surface area contributed by atoms with Gasteiger partial charge in [0, 0.05) is 17.7 Å². The molecule has 0 spiro atoms. The van der Waals surface area contributed by atoms with Crippen LogP contribution >= 0.6 is 0 Å². The van der Waals surface area contributed by atoms with E-state index < -0.39 is 5.79 Å². The Labute approximate surface area is 198 Å². The van der Waals surface area contributed by atoms with E-state index in [1.54, 1.807) is 0 Å². The molecule has 5 heteroatoms. The van der Waals surface area contributed by atoms with Crippen molar-refractivity contribution in [1.29, 1.82) is 0 Å². The van der Waals surface area contributed by atoms with Crippen LogP contribution in [0.15, 0.2) is 114 Å². The summed E-state index contributed by atoms with van der Waals surface area (Å²) >= 11 is 0. The summed E-state index contributed by atoms with van der Waals surface area (Å²) in [7, 11) is 0. The van der Waals surface area contributed by atoms with Crippen molar-refractivity contribution in [3.8, 4) is 0 Å². The predicted octanol–water partition coefficient (Wildman–Crippen LogP) is 4.55. The van der Waals surface area contributed by atoms with E-state index in [0.29, 0.717) is 18.7 Å². The molecule has 0 amide bonds. The standard InChI is InChI=1S/C29H25NO4/c31-28-24-16-17-25(30(26(24)19-32-28)18-21-10-4-1-5-11-21)27-20-33-29(34-27,22-12-6-2-7-13-22)23-14-8-3-9-15-23/h1-17,25,27H,18-20H2/t25-,27+/m0/s1. The summed E-state index contributed by atoms with van der Waals surface area (Å²) in [6.45, 7) is 1.34. The molecule has 2 atom stereocenters. The minimum atomic E-state index is -0.990. The highest BCUT2D eigenvalue weighted by molar-refractivity contribution is 5.95. The fourth-order valence-electron chi connectivity index (χ4n) is 5.03. The summed E-state index contributed by atoms with van der Waals surface area (Å²) in [5.74, 6) is -1.26. The molecule has 6 rings (SSSR count). The summed E-state index contributed by atoms with van der Waals surface area (Å²) in [5, 5.41) is 0. The molecule has 0 N–H and O–H groups in total. The largest absolute Gasteiger partial charge is 0.456 e. The average Bonchev–Trinajstić information content (AvgIpc) is 3.51. The van der Waals surface area contributed by atoms with Crippen LogP contribution in [0, 0.1) is 0 Å². The molecular formula is C29H25NO4. The summed E-state index contributed by atoms with van der Waals surface area (Å²) in [6, 6.07) is 30.3. The highest BCUT2D eigenvalue weighted by Gasteiger charge is 2.49. The molecule has 3 heterocycles. The maximum atomic E-state index is 12.3. The Morgan fingerprint density at radius 1 is 0.853 bits per heavy atom. The van der Waals surface area contributed by atoms with Crippen LogP contribution in [0.5, 0.6) is 0 Å². The van der Waals surface area contributed by atoms with Crippen LogP contribution in [0.3, 0.4) is 0 Å². The second kappa shape index (κ2) is 8.60. The van der Waals surface area contributed by atoms with Crippen molar-refractivity contribution in [3.05, 3.63) is 131 Å². The normalized spacial score (nSPS) is 23.2. The fraction of sp³-hybridized carbons (Fsp3) is 0.207. The lowest BCUT2D eigenvalue weighted by Gasteiger charge is -2.38. The minimum absolute atomic E-state index is 0.109. The minimum Gasteiger partial charge on any atom is -0.456 e. The lowest BCUT2D eigenvalue weighted by molar-refractivity contribution is -0.147. The Bertz CT molecular complexity index is 1200. The van der Waals surface area contributed by atoms with E-state index in [2.05, 4.69) is 23.1 Å². The molecule has 0 saturated carbocycles. The molecule has 1 fully saturated rings. The number of hydrogen-bond donors (Lipinski definition) is 0. The SMILES string of the molecule is O=C1OCC2=C1C=C[C@@H]([C@H]1COC(c3ccccc3)(c3ccccc3)O1)N2Cc1ccccc1. The third-order valence-electron chi connectivity index (χ3n) is 6.69. The van der Waals surface area contributed by atoms with Gasteiger partial charge in [0.25, 0.3) is 0 Å². The Balaban J connectivity index is 1.36. The van der Waals surface area contributed by atoms with Gasteiger partial charge < -0.3 is 19.1 Å². The molecule has 3 aromatic carbocycles. The first-order valence-electron chi connectivity index (χ1n) is 11.6. The van der Waals surface area contributed by atoms with Crippen molar-refractivity contribution in [2.75, 3.05) is 13.2 Å². The second-order valence-electron chi connectivity index (χ2n) is 8.72. The molecule has 0 aromatic heterocycles. The maximum Gasteiger partial charge on any atom is 0.340 e. The van der Waals surface area contributed by atoms with Crippen LogP contribution in [-0.2, 0) is 31.3 Å². The molecule has 3 aliphatic rings. The highest BCUT2D eigenvalue weighted by atomic mass is 16.7. The zero-order valence-corrected chi connectivity index (χ0v) is 18.7. The molecule has 0 radical (unpaired) electrons. The van der Waals surface area contributed by atoms with E-state index in [0.717, 1.165) is 22.4 Å². The monoisotopic (exact) mass is 451 g/mol. The lowest BCUT2D eigenvalue weighted by atomic mass is 9.97. The Hall–Kier alpha value is -3.67. The smallest absolute Gasteiger partial charge is 0.340 e. The molecule has 5 nitrogen and oxygen atoms in total. The van der Waals surface area contributed by atoms with Gasteiger partial charge >= 0.3 is 5.97 Å². The van der Waals surface area contributed by atoms with Crippen molar-refractivity contribution in [3.63, 3.8) is 0 Å². The third kappa shape index (κ3) is 3.54. The van der Waals surface area contributed by atoms with Crippen LogP contribution in [0.2, 0.25) is 0 Å². The zero-order chi connectivity index (χ0) is 23.0. The van der Waals surface area contributed by atoms with Gasteiger partial charge in [-0.1, -0.05) is 97.1 Å². The quantitative estimate of drug-likeness (QED) is 0.533. The topological polar surface area (TPSA) is 48.0 Å². The number of rotatable bonds is 5. The van der Waals surface area contributed by atoms with Crippen LogP contribution in [0.25, 0.3) is 0 Å². The number of nitrogens with zero attached hydrogens (tertiary/aromatic N) is 1. The fourth-order valence-corrected chi connectivity index (χ4v) is 5.03. The first-order chi connectivity index (χ1) is 16.7. The van der Waals surface area contributed by atoms with E-state index >= 15 is 0 Å².